The van der Waals surface area contributed by atoms with E-state index < -0.39 is 11.5 Å². The molecule has 4 heterocycles. The van der Waals surface area contributed by atoms with Gasteiger partial charge in [-0.1, -0.05) is 12.5 Å². The third-order valence-electron chi connectivity index (χ3n) is 5.50. The average molecular weight is 341 g/mol. The molecule has 25 heavy (non-hydrogen) atoms. The number of nitrogens with zero attached hydrogens (tertiary/aromatic N) is 3. The van der Waals surface area contributed by atoms with Crippen LogP contribution < -0.4 is 5.56 Å². The van der Waals surface area contributed by atoms with Crippen molar-refractivity contribution in [2.45, 2.75) is 31.8 Å². The van der Waals surface area contributed by atoms with E-state index in [-0.39, 0.29) is 5.56 Å². The van der Waals surface area contributed by atoms with Gasteiger partial charge in [0.2, 0.25) is 0 Å². The summed E-state index contributed by atoms with van der Waals surface area (Å²) in [7, 11) is 0. The van der Waals surface area contributed by atoms with Gasteiger partial charge in [-0.2, -0.15) is 0 Å². The van der Waals surface area contributed by atoms with Gasteiger partial charge in [-0.3, -0.25) is 19.0 Å². The van der Waals surface area contributed by atoms with E-state index in [4.69, 9.17) is 0 Å². The summed E-state index contributed by atoms with van der Waals surface area (Å²) in [6, 6.07) is 7.70. The van der Waals surface area contributed by atoms with Crippen molar-refractivity contribution in [2.75, 3.05) is 26.2 Å². The van der Waals surface area contributed by atoms with Gasteiger partial charge in [0.25, 0.3) is 5.56 Å². The van der Waals surface area contributed by atoms with Gasteiger partial charge < -0.3 is 5.11 Å². The standard InChI is InChI=1S/C19H23N3O3/c23-18-16(19(24)25)11-14(17-6-2-4-8-22(17)18)12-20-9-10-21-7-3-1-5-15(21)13-20/h2,4,6,8,11,15H,1,3,5,7,9-10,12-13H2,(H,24,25). The minimum Gasteiger partial charge on any atom is -0.477 e. The lowest BCUT2D eigenvalue weighted by Crippen LogP contribution is -2.54. The zero-order chi connectivity index (χ0) is 17.4. The van der Waals surface area contributed by atoms with Crippen molar-refractivity contribution in [1.29, 1.82) is 0 Å². The molecule has 0 amide bonds. The highest BCUT2D eigenvalue weighted by Gasteiger charge is 2.29. The van der Waals surface area contributed by atoms with Crippen LogP contribution in [0.25, 0.3) is 5.52 Å². The number of hydrogen-bond donors (Lipinski definition) is 1. The molecule has 6 nitrogen and oxygen atoms in total. The van der Waals surface area contributed by atoms with E-state index in [0.29, 0.717) is 12.6 Å². The first-order valence-corrected chi connectivity index (χ1v) is 8.96. The van der Waals surface area contributed by atoms with Gasteiger partial charge in [0.1, 0.15) is 5.56 Å². The minimum absolute atomic E-state index is 0.157. The quantitative estimate of drug-likeness (QED) is 0.920. The molecular formula is C19H23N3O3. The summed E-state index contributed by atoms with van der Waals surface area (Å²) in [5, 5.41) is 9.38. The molecule has 0 saturated carbocycles. The Hall–Kier alpha value is -2.18. The zero-order valence-corrected chi connectivity index (χ0v) is 14.2. The van der Waals surface area contributed by atoms with Crippen molar-refractivity contribution in [3.05, 3.63) is 51.9 Å². The molecule has 132 valence electrons. The fraction of sp³-hybridized carbons (Fsp3) is 0.474. The fourth-order valence-corrected chi connectivity index (χ4v) is 4.21. The van der Waals surface area contributed by atoms with E-state index in [9.17, 15) is 14.7 Å². The number of carbonyl (C=O) groups is 1. The van der Waals surface area contributed by atoms with Crippen molar-refractivity contribution in [1.82, 2.24) is 14.2 Å². The highest BCUT2D eigenvalue weighted by molar-refractivity contribution is 5.88. The number of hydrogen-bond acceptors (Lipinski definition) is 4. The molecule has 2 fully saturated rings. The fourth-order valence-electron chi connectivity index (χ4n) is 4.21. The maximum Gasteiger partial charge on any atom is 0.341 e. The third kappa shape index (κ3) is 3.07. The molecule has 0 aliphatic carbocycles. The molecule has 1 N–H and O–H groups in total. The van der Waals surface area contributed by atoms with Gasteiger partial charge in [-0.15, -0.1) is 0 Å². The van der Waals surface area contributed by atoms with Crippen LogP contribution in [0.3, 0.4) is 0 Å². The van der Waals surface area contributed by atoms with E-state index >= 15 is 0 Å². The van der Waals surface area contributed by atoms with Crippen LogP contribution >= 0.6 is 0 Å². The number of aromatic carboxylic acids is 1. The van der Waals surface area contributed by atoms with E-state index in [2.05, 4.69) is 9.80 Å². The van der Waals surface area contributed by atoms with Crippen molar-refractivity contribution in [3.63, 3.8) is 0 Å². The number of rotatable bonds is 3. The lowest BCUT2D eigenvalue weighted by molar-refractivity contribution is 0.0458. The maximum atomic E-state index is 12.4. The van der Waals surface area contributed by atoms with Crippen LogP contribution in [-0.4, -0.2) is 57.5 Å². The number of aromatic nitrogens is 1. The van der Waals surface area contributed by atoms with Crippen LogP contribution in [0.2, 0.25) is 0 Å². The molecule has 0 radical (unpaired) electrons. The zero-order valence-electron chi connectivity index (χ0n) is 14.2. The monoisotopic (exact) mass is 341 g/mol. The number of fused-ring (bicyclic) bond motifs is 2. The summed E-state index contributed by atoms with van der Waals surface area (Å²) in [4.78, 5) is 28.8. The predicted molar refractivity (Wildman–Crippen MR) is 95.1 cm³/mol. The van der Waals surface area contributed by atoms with Crippen molar-refractivity contribution < 1.29 is 9.90 Å². The Balaban J connectivity index is 1.66. The van der Waals surface area contributed by atoms with Gasteiger partial charge in [0, 0.05) is 38.4 Å². The topological polar surface area (TPSA) is 65.3 Å². The van der Waals surface area contributed by atoms with Gasteiger partial charge in [-0.25, -0.2) is 4.79 Å². The van der Waals surface area contributed by atoms with Crippen molar-refractivity contribution >= 4 is 11.5 Å². The summed E-state index contributed by atoms with van der Waals surface area (Å²) < 4.78 is 1.45. The maximum absolute atomic E-state index is 12.4. The smallest absolute Gasteiger partial charge is 0.341 e. The Morgan fingerprint density at radius 1 is 1.20 bits per heavy atom. The Bertz CT molecular complexity index is 861. The molecule has 0 spiro atoms. The highest BCUT2D eigenvalue weighted by atomic mass is 16.4. The van der Waals surface area contributed by atoms with Crippen LogP contribution in [0.1, 0.15) is 35.2 Å². The molecule has 2 aromatic rings. The highest BCUT2D eigenvalue weighted by Crippen LogP contribution is 2.23. The summed E-state index contributed by atoms with van der Waals surface area (Å²) in [5.74, 6) is -1.17. The summed E-state index contributed by atoms with van der Waals surface area (Å²) >= 11 is 0. The van der Waals surface area contributed by atoms with Crippen molar-refractivity contribution in [3.8, 4) is 0 Å². The summed E-state index contributed by atoms with van der Waals surface area (Å²) in [5.41, 5.74) is 1.07. The number of pyridine rings is 2. The molecule has 0 bridgehead atoms. The average Bonchev–Trinajstić information content (AvgIpc) is 2.64. The molecular weight excluding hydrogens is 318 g/mol. The second kappa shape index (κ2) is 6.61. The number of carboxylic acids is 1. The molecule has 2 aromatic heterocycles. The molecule has 2 aliphatic rings. The third-order valence-corrected chi connectivity index (χ3v) is 5.50. The molecule has 4 rings (SSSR count). The molecule has 6 heteroatoms. The van der Waals surface area contributed by atoms with E-state index in [0.717, 1.165) is 30.7 Å². The molecule has 2 saturated heterocycles. The number of piperazine rings is 1. The molecule has 2 aliphatic heterocycles. The number of carboxylic acid groups (broad SMARTS) is 1. The van der Waals surface area contributed by atoms with E-state index in [1.807, 2.05) is 12.1 Å². The lowest BCUT2D eigenvalue weighted by Gasteiger charge is -2.44. The first-order chi connectivity index (χ1) is 12.1. The molecule has 1 atom stereocenters. The summed E-state index contributed by atoms with van der Waals surface area (Å²) in [6.07, 6.45) is 5.48. The van der Waals surface area contributed by atoms with Crippen LogP contribution in [0, 0.1) is 0 Å². The van der Waals surface area contributed by atoms with Crippen LogP contribution in [0.5, 0.6) is 0 Å². The Morgan fingerprint density at radius 3 is 2.92 bits per heavy atom. The van der Waals surface area contributed by atoms with Crippen LogP contribution in [-0.2, 0) is 6.54 Å². The Kier molecular flexibility index (Phi) is 4.31. The Labute approximate surface area is 146 Å². The SMILES string of the molecule is O=C(O)c1cc(CN2CCN3CCCCC3C2)c2ccccn2c1=O. The van der Waals surface area contributed by atoms with Gasteiger partial charge >= 0.3 is 5.97 Å². The van der Waals surface area contributed by atoms with Crippen LogP contribution in [0.4, 0.5) is 0 Å². The Morgan fingerprint density at radius 2 is 2.08 bits per heavy atom. The molecule has 0 aromatic carbocycles. The normalized spacial score (nSPS) is 22.0. The second-order valence-electron chi connectivity index (χ2n) is 7.07. The van der Waals surface area contributed by atoms with Gasteiger partial charge in [0.15, 0.2) is 0 Å². The number of piperidine rings is 1. The molecule has 1 unspecified atom stereocenters. The van der Waals surface area contributed by atoms with Gasteiger partial charge in [0.05, 0.1) is 5.52 Å². The minimum atomic E-state index is -1.17. The van der Waals surface area contributed by atoms with Gasteiger partial charge in [-0.05, 0) is 43.1 Å². The first kappa shape index (κ1) is 16.3. The largest absolute Gasteiger partial charge is 0.477 e. The van der Waals surface area contributed by atoms with E-state index in [1.54, 1.807) is 18.3 Å². The van der Waals surface area contributed by atoms with Crippen molar-refractivity contribution in [2.24, 2.45) is 0 Å². The summed E-state index contributed by atoms with van der Waals surface area (Å²) in [6.45, 7) is 4.95. The van der Waals surface area contributed by atoms with E-state index in [1.165, 1.54) is 30.2 Å². The van der Waals surface area contributed by atoms with Crippen LogP contribution in [0.15, 0.2) is 35.3 Å². The predicted octanol–water partition coefficient (Wildman–Crippen LogP) is 1.67. The first-order valence-electron chi connectivity index (χ1n) is 8.96. The second-order valence-corrected chi connectivity index (χ2v) is 7.07. The lowest BCUT2D eigenvalue weighted by atomic mass is 9.99.